The van der Waals surface area contributed by atoms with Crippen LogP contribution >= 0.6 is 0 Å². The van der Waals surface area contributed by atoms with Gasteiger partial charge in [-0.3, -0.25) is 14.5 Å². The minimum atomic E-state index is -0.820. The zero-order chi connectivity index (χ0) is 15.1. The van der Waals surface area contributed by atoms with Gasteiger partial charge in [-0.15, -0.1) is 0 Å². The zero-order valence-corrected chi connectivity index (χ0v) is 12.8. The van der Waals surface area contributed by atoms with E-state index < -0.39 is 11.6 Å². The predicted molar refractivity (Wildman–Crippen MR) is 79.7 cm³/mol. The molecule has 1 heterocycles. The first-order valence-corrected chi connectivity index (χ1v) is 7.03. The second kappa shape index (κ2) is 4.93. The number of nitrogens with one attached hydrogen (secondary N) is 1. The molecule has 4 nitrogen and oxygen atoms in total. The summed E-state index contributed by atoms with van der Waals surface area (Å²) in [6.07, 6.45) is 0.575. The van der Waals surface area contributed by atoms with Crippen LogP contribution in [0, 0.1) is 13.8 Å². The number of nitrogens with zero attached hydrogens (tertiary/aromatic N) is 1. The number of hydrogen-bond acceptors (Lipinski definition) is 2. The van der Waals surface area contributed by atoms with Crippen molar-refractivity contribution in [2.75, 3.05) is 4.90 Å². The van der Waals surface area contributed by atoms with E-state index in [1.807, 2.05) is 39.0 Å². The van der Waals surface area contributed by atoms with E-state index in [-0.39, 0.29) is 11.8 Å². The lowest BCUT2D eigenvalue weighted by atomic mass is 9.91. The Bertz CT molecular complexity index is 568. The lowest BCUT2D eigenvalue weighted by Crippen LogP contribution is -2.68. The highest BCUT2D eigenvalue weighted by molar-refractivity contribution is 6.10. The number of hydrogen-bond donors (Lipinski definition) is 1. The molecule has 0 aliphatic carbocycles. The van der Waals surface area contributed by atoms with Gasteiger partial charge in [-0.05, 0) is 51.3 Å². The van der Waals surface area contributed by atoms with Crippen molar-refractivity contribution in [2.24, 2.45) is 0 Å². The van der Waals surface area contributed by atoms with Gasteiger partial charge in [0.25, 0.3) is 5.91 Å². The van der Waals surface area contributed by atoms with Gasteiger partial charge in [-0.2, -0.15) is 0 Å². The highest BCUT2D eigenvalue weighted by Crippen LogP contribution is 2.30. The van der Waals surface area contributed by atoms with Gasteiger partial charge in [0.05, 0.1) is 0 Å². The Hall–Kier alpha value is -1.84. The molecule has 1 aromatic rings. The second-order valence-electron chi connectivity index (χ2n) is 5.82. The zero-order valence-electron chi connectivity index (χ0n) is 12.8. The molecule has 2 amide bonds. The van der Waals surface area contributed by atoms with Crippen molar-refractivity contribution in [2.45, 2.75) is 52.6 Å². The summed E-state index contributed by atoms with van der Waals surface area (Å²) < 4.78 is 0. The summed E-state index contributed by atoms with van der Waals surface area (Å²) in [5.41, 5.74) is 2.09. The SMILES string of the molecule is CCC1(C)NC(=O)C(C)N(c2cc(C)ccc2C)C1=O. The van der Waals surface area contributed by atoms with Gasteiger partial charge in [0.15, 0.2) is 0 Å². The third-order valence-electron chi connectivity index (χ3n) is 4.19. The van der Waals surface area contributed by atoms with Crippen molar-refractivity contribution in [3.05, 3.63) is 29.3 Å². The third-order valence-corrected chi connectivity index (χ3v) is 4.19. The molecular weight excluding hydrogens is 252 g/mol. The van der Waals surface area contributed by atoms with E-state index in [0.29, 0.717) is 6.42 Å². The fourth-order valence-electron chi connectivity index (χ4n) is 2.53. The Balaban J connectivity index is 2.54. The van der Waals surface area contributed by atoms with Gasteiger partial charge in [-0.1, -0.05) is 19.1 Å². The van der Waals surface area contributed by atoms with Gasteiger partial charge in [-0.25, -0.2) is 0 Å². The maximum Gasteiger partial charge on any atom is 0.253 e. The Morgan fingerprint density at radius 3 is 2.55 bits per heavy atom. The summed E-state index contributed by atoms with van der Waals surface area (Å²) in [6.45, 7) is 9.42. The van der Waals surface area contributed by atoms with Crippen molar-refractivity contribution in [3.63, 3.8) is 0 Å². The fraction of sp³-hybridized carbons (Fsp3) is 0.500. The van der Waals surface area contributed by atoms with E-state index in [1.54, 1.807) is 18.7 Å². The summed E-state index contributed by atoms with van der Waals surface area (Å²) >= 11 is 0. The normalized spacial score (nSPS) is 26.6. The molecule has 2 unspecified atom stereocenters. The van der Waals surface area contributed by atoms with Gasteiger partial charge < -0.3 is 5.32 Å². The summed E-state index contributed by atoms with van der Waals surface area (Å²) in [5, 5.41) is 2.85. The van der Waals surface area contributed by atoms with E-state index in [2.05, 4.69) is 5.32 Å². The quantitative estimate of drug-likeness (QED) is 0.899. The number of carbonyl (C=O) groups excluding carboxylic acids is 2. The Kier molecular flexibility index (Phi) is 3.59. The van der Waals surface area contributed by atoms with E-state index in [1.165, 1.54) is 0 Å². The van der Waals surface area contributed by atoms with E-state index in [0.717, 1.165) is 16.8 Å². The van der Waals surface area contributed by atoms with Crippen molar-refractivity contribution >= 4 is 17.5 Å². The molecule has 108 valence electrons. The average Bonchev–Trinajstić information content (AvgIpc) is 2.41. The van der Waals surface area contributed by atoms with Crippen LogP contribution in [0.25, 0.3) is 0 Å². The number of anilines is 1. The monoisotopic (exact) mass is 274 g/mol. The molecule has 1 saturated heterocycles. The van der Waals surface area contributed by atoms with Crippen LogP contribution in [-0.2, 0) is 9.59 Å². The first kappa shape index (κ1) is 14.6. The summed E-state index contributed by atoms with van der Waals surface area (Å²) in [4.78, 5) is 26.6. The average molecular weight is 274 g/mol. The molecular formula is C16H22N2O2. The maximum atomic E-state index is 12.8. The molecule has 0 radical (unpaired) electrons. The lowest BCUT2D eigenvalue weighted by molar-refractivity contribution is -0.137. The molecule has 2 atom stereocenters. The van der Waals surface area contributed by atoms with Gasteiger partial charge in [0.2, 0.25) is 5.91 Å². The summed E-state index contributed by atoms with van der Waals surface area (Å²) in [7, 11) is 0. The third kappa shape index (κ3) is 2.19. The van der Waals surface area contributed by atoms with E-state index >= 15 is 0 Å². The standard InChI is InChI=1S/C16H22N2O2/c1-6-16(5)15(20)18(12(4)14(19)17-16)13-9-10(2)7-8-11(13)3/h7-9,12H,6H2,1-5H3,(H,17,19). The van der Waals surface area contributed by atoms with Gasteiger partial charge in [0.1, 0.15) is 11.6 Å². The molecule has 4 heteroatoms. The van der Waals surface area contributed by atoms with Crippen molar-refractivity contribution in [3.8, 4) is 0 Å². The fourth-order valence-corrected chi connectivity index (χ4v) is 2.53. The van der Waals surface area contributed by atoms with Crippen LogP contribution in [0.1, 0.15) is 38.3 Å². The number of carbonyl (C=O) groups is 2. The van der Waals surface area contributed by atoms with E-state index in [4.69, 9.17) is 0 Å². The summed E-state index contributed by atoms with van der Waals surface area (Å²) in [5.74, 6) is -0.143. The van der Waals surface area contributed by atoms with Crippen LogP contribution in [0.2, 0.25) is 0 Å². The molecule has 0 aromatic heterocycles. The number of amides is 2. The molecule has 1 aliphatic rings. The number of benzene rings is 1. The Morgan fingerprint density at radius 1 is 1.30 bits per heavy atom. The van der Waals surface area contributed by atoms with Crippen molar-refractivity contribution < 1.29 is 9.59 Å². The van der Waals surface area contributed by atoms with Crippen molar-refractivity contribution in [1.29, 1.82) is 0 Å². The maximum absolute atomic E-state index is 12.8. The molecule has 0 spiro atoms. The predicted octanol–water partition coefficient (Wildman–Crippen LogP) is 2.32. The minimum Gasteiger partial charge on any atom is -0.340 e. The van der Waals surface area contributed by atoms with Gasteiger partial charge in [0, 0.05) is 5.69 Å². The Morgan fingerprint density at radius 2 is 1.95 bits per heavy atom. The first-order chi connectivity index (χ1) is 9.30. The number of aryl methyl sites for hydroxylation is 2. The van der Waals surface area contributed by atoms with E-state index in [9.17, 15) is 9.59 Å². The van der Waals surface area contributed by atoms with Crippen LogP contribution in [0.3, 0.4) is 0 Å². The molecule has 1 N–H and O–H groups in total. The highest BCUT2D eigenvalue weighted by Gasteiger charge is 2.46. The van der Waals surface area contributed by atoms with Crippen LogP contribution in [-0.4, -0.2) is 23.4 Å². The minimum absolute atomic E-state index is 0.0409. The van der Waals surface area contributed by atoms with Crippen LogP contribution in [0.15, 0.2) is 18.2 Å². The molecule has 1 aromatic carbocycles. The lowest BCUT2D eigenvalue weighted by Gasteiger charge is -2.43. The van der Waals surface area contributed by atoms with Crippen molar-refractivity contribution in [1.82, 2.24) is 5.32 Å². The smallest absolute Gasteiger partial charge is 0.253 e. The second-order valence-corrected chi connectivity index (χ2v) is 5.82. The highest BCUT2D eigenvalue weighted by atomic mass is 16.2. The Labute approximate surface area is 120 Å². The molecule has 2 rings (SSSR count). The van der Waals surface area contributed by atoms with Crippen LogP contribution in [0.4, 0.5) is 5.69 Å². The molecule has 1 aliphatic heterocycles. The molecule has 0 saturated carbocycles. The molecule has 20 heavy (non-hydrogen) atoms. The summed E-state index contributed by atoms with van der Waals surface area (Å²) in [6, 6.07) is 5.48. The molecule has 1 fully saturated rings. The van der Waals surface area contributed by atoms with Gasteiger partial charge >= 0.3 is 0 Å². The number of piperazine rings is 1. The van der Waals surface area contributed by atoms with Crippen LogP contribution in [0.5, 0.6) is 0 Å². The molecule has 0 bridgehead atoms. The number of rotatable bonds is 2. The first-order valence-electron chi connectivity index (χ1n) is 7.03. The largest absolute Gasteiger partial charge is 0.340 e. The topological polar surface area (TPSA) is 49.4 Å². The van der Waals surface area contributed by atoms with Crippen LogP contribution < -0.4 is 10.2 Å².